The summed E-state index contributed by atoms with van der Waals surface area (Å²) in [5.41, 5.74) is -0.510. The van der Waals surface area contributed by atoms with Crippen molar-refractivity contribution in [3.8, 4) is 0 Å². The van der Waals surface area contributed by atoms with Crippen LogP contribution in [-0.2, 0) is 21.8 Å². The van der Waals surface area contributed by atoms with Gasteiger partial charge in [-0.3, -0.25) is 0 Å². The van der Waals surface area contributed by atoms with Crippen molar-refractivity contribution in [2.45, 2.75) is 12.4 Å². The molecule has 4 nitrogen and oxygen atoms in total. The van der Waals surface area contributed by atoms with Crippen LogP contribution >= 0.6 is 0 Å². The minimum absolute atomic E-state index is 0.0441. The summed E-state index contributed by atoms with van der Waals surface area (Å²) >= 11 is 0. The summed E-state index contributed by atoms with van der Waals surface area (Å²) in [6.07, 6.45) is -8.83. The second-order valence-corrected chi connectivity index (χ2v) is 6.09. The van der Waals surface area contributed by atoms with Crippen molar-refractivity contribution in [3.63, 3.8) is 0 Å². The number of nitrogens with zero attached hydrogens (tertiary/aromatic N) is 2. The number of rotatable bonds is 2. The van der Waals surface area contributed by atoms with Crippen molar-refractivity contribution in [1.82, 2.24) is 0 Å². The maximum absolute atomic E-state index is 12.6. The lowest BCUT2D eigenvalue weighted by Gasteiger charge is -2.32. The van der Waals surface area contributed by atoms with E-state index in [4.69, 9.17) is 9.47 Å². The number of ether oxygens (including phenoxy) is 2. The fraction of sp³-hybridized carbons (Fsp3) is 0.333. The maximum Gasteiger partial charge on any atom is 0.416 e. The lowest BCUT2D eigenvalue weighted by Crippen LogP contribution is -2.39. The Kier molecular flexibility index (Phi) is 5.71. The van der Waals surface area contributed by atoms with Gasteiger partial charge in [0.15, 0.2) is 0 Å². The van der Waals surface area contributed by atoms with Crippen LogP contribution in [0.5, 0.6) is 0 Å². The van der Waals surface area contributed by atoms with Gasteiger partial charge < -0.3 is 19.3 Å². The molecule has 28 heavy (non-hydrogen) atoms. The van der Waals surface area contributed by atoms with Crippen LogP contribution in [0.4, 0.5) is 37.7 Å². The van der Waals surface area contributed by atoms with Crippen LogP contribution in [-0.4, -0.2) is 26.9 Å². The summed E-state index contributed by atoms with van der Waals surface area (Å²) in [7, 11) is 0. The molecule has 0 aromatic heterocycles. The van der Waals surface area contributed by atoms with E-state index in [9.17, 15) is 26.3 Å². The Balaban J connectivity index is 1.61. The summed E-state index contributed by atoms with van der Waals surface area (Å²) < 4.78 is 86.9. The van der Waals surface area contributed by atoms with Crippen molar-refractivity contribution in [2.24, 2.45) is 0 Å². The molecule has 0 bridgehead atoms. The zero-order chi connectivity index (χ0) is 20.4. The average Bonchev–Trinajstić information content (AvgIpc) is 2.60. The van der Waals surface area contributed by atoms with E-state index in [1.165, 1.54) is 24.3 Å². The van der Waals surface area contributed by atoms with Crippen molar-refractivity contribution < 1.29 is 35.8 Å². The molecule has 0 amide bonds. The van der Waals surface area contributed by atoms with Gasteiger partial charge >= 0.3 is 12.4 Å². The van der Waals surface area contributed by atoms with Gasteiger partial charge in [0.05, 0.1) is 11.1 Å². The molecule has 3 rings (SSSR count). The normalized spacial score (nSPS) is 16.6. The number of halogens is 6. The maximum atomic E-state index is 12.6. The first-order chi connectivity index (χ1) is 13.1. The van der Waals surface area contributed by atoms with Crippen molar-refractivity contribution >= 4 is 11.4 Å². The van der Waals surface area contributed by atoms with Gasteiger partial charge in [-0.05, 0) is 48.5 Å². The van der Waals surface area contributed by atoms with Crippen LogP contribution in [0.2, 0.25) is 0 Å². The third-order valence-electron chi connectivity index (χ3n) is 4.11. The summed E-state index contributed by atoms with van der Waals surface area (Å²) in [6.45, 7) is 0.177. The molecule has 1 fully saturated rings. The zero-order valence-corrected chi connectivity index (χ0v) is 14.4. The molecule has 1 heterocycles. The molecule has 1 saturated heterocycles. The molecule has 0 N–H and O–H groups in total. The monoisotopic (exact) mass is 406 g/mol. The highest BCUT2D eigenvalue weighted by Gasteiger charge is 2.31. The summed E-state index contributed by atoms with van der Waals surface area (Å²) in [5.74, 6) is 0. The third-order valence-corrected chi connectivity index (χ3v) is 4.11. The van der Waals surface area contributed by atoms with E-state index in [2.05, 4.69) is 0 Å². The zero-order valence-electron chi connectivity index (χ0n) is 14.4. The van der Waals surface area contributed by atoms with E-state index in [0.29, 0.717) is 11.4 Å². The van der Waals surface area contributed by atoms with Gasteiger partial charge in [-0.15, -0.1) is 0 Å². The fourth-order valence-corrected chi connectivity index (χ4v) is 2.62. The van der Waals surface area contributed by atoms with Crippen molar-refractivity contribution in [3.05, 3.63) is 59.7 Å². The van der Waals surface area contributed by atoms with Crippen LogP contribution < -0.4 is 9.80 Å². The van der Waals surface area contributed by atoms with Crippen LogP contribution in [0, 0.1) is 0 Å². The second kappa shape index (κ2) is 7.88. The molecule has 2 aromatic rings. The topological polar surface area (TPSA) is 24.9 Å². The first kappa shape index (κ1) is 20.3. The quantitative estimate of drug-likeness (QED) is 0.662. The minimum Gasteiger partial charge on any atom is -0.341 e. The van der Waals surface area contributed by atoms with Crippen molar-refractivity contribution in [2.75, 3.05) is 36.7 Å². The first-order valence-corrected chi connectivity index (χ1v) is 8.14. The van der Waals surface area contributed by atoms with Crippen LogP contribution in [0.3, 0.4) is 0 Å². The number of hydrogen-bond acceptors (Lipinski definition) is 4. The molecule has 1 aliphatic rings. The van der Waals surface area contributed by atoms with Gasteiger partial charge in [-0.2, -0.15) is 26.3 Å². The Bertz CT molecular complexity index is 699. The van der Waals surface area contributed by atoms with E-state index in [0.717, 1.165) is 24.3 Å². The Hall–Kier alpha value is -2.46. The number of benzene rings is 2. The summed E-state index contributed by atoms with van der Waals surface area (Å²) in [4.78, 5) is 3.20. The van der Waals surface area contributed by atoms with Gasteiger partial charge in [0.1, 0.15) is 26.9 Å². The molecular formula is C18H16F6N2O2. The second-order valence-electron chi connectivity index (χ2n) is 6.09. The fourth-order valence-electron chi connectivity index (χ4n) is 2.62. The first-order valence-electron chi connectivity index (χ1n) is 8.14. The van der Waals surface area contributed by atoms with Crippen LogP contribution in [0.25, 0.3) is 0 Å². The average molecular weight is 406 g/mol. The Morgan fingerprint density at radius 1 is 0.536 bits per heavy atom. The molecule has 152 valence electrons. The highest BCUT2D eigenvalue weighted by Crippen LogP contribution is 2.32. The highest BCUT2D eigenvalue weighted by atomic mass is 19.4. The van der Waals surface area contributed by atoms with Gasteiger partial charge in [0, 0.05) is 11.4 Å². The van der Waals surface area contributed by atoms with Gasteiger partial charge in [0.2, 0.25) is 0 Å². The molecule has 0 spiro atoms. The predicted molar refractivity (Wildman–Crippen MR) is 89.5 cm³/mol. The molecule has 0 aliphatic carbocycles. The highest BCUT2D eigenvalue weighted by molar-refractivity contribution is 5.49. The summed E-state index contributed by atoms with van der Waals surface area (Å²) in [6, 6.07) is 9.20. The smallest absolute Gasteiger partial charge is 0.341 e. The van der Waals surface area contributed by atoms with E-state index in [-0.39, 0.29) is 26.9 Å². The third kappa shape index (κ3) is 4.87. The molecule has 0 atom stereocenters. The predicted octanol–water partition coefficient (Wildman–Crippen LogP) is 4.91. The SMILES string of the molecule is FC(F)(F)c1ccc(N2COCN(c3ccc(C(F)(F)F)cc3)COC2)cc1. The van der Waals surface area contributed by atoms with Crippen LogP contribution in [0.1, 0.15) is 11.1 Å². The minimum atomic E-state index is -4.41. The number of anilines is 2. The lowest BCUT2D eigenvalue weighted by atomic mass is 10.2. The molecule has 0 unspecified atom stereocenters. The number of hydrogen-bond donors (Lipinski definition) is 0. The van der Waals surface area contributed by atoms with E-state index in [1.807, 2.05) is 0 Å². The molecule has 1 aliphatic heterocycles. The Morgan fingerprint density at radius 3 is 1.07 bits per heavy atom. The van der Waals surface area contributed by atoms with Gasteiger partial charge in [-0.25, -0.2) is 0 Å². The largest absolute Gasteiger partial charge is 0.416 e. The molecule has 10 heteroatoms. The molecular weight excluding hydrogens is 390 g/mol. The Morgan fingerprint density at radius 2 is 0.821 bits per heavy atom. The number of alkyl halides is 6. The Labute approximate surface area is 156 Å². The van der Waals surface area contributed by atoms with Crippen LogP contribution in [0.15, 0.2) is 48.5 Å². The van der Waals surface area contributed by atoms with E-state index < -0.39 is 23.5 Å². The van der Waals surface area contributed by atoms with Gasteiger partial charge in [-0.1, -0.05) is 0 Å². The lowest BCUT2D eigenvalue weighted by molar-refractivity contribution is -0.138. The van der Waals surface area contributed by atoms with Gasteiger partial charge in [0.25, 0.3) is 0 Å². The van der Waals surface area contributed by atoms with E-state index in [1.54, 1.807) is 9.80 Å². The molecule has 2 aromatic carbocycles. The van der Waals surface area contributed by atoms with E-state index >= 15 is 0 Å². The summed E-state index contributed by atoms with van der Waals surface area (Å²) in [5, 5.41) is 0. The molecule has 0 radical (unpaired) electrons. The van der Waals surface area contributed by atoms with Crippen molar-refractivity contribution in [1.29, 1.82) is 0 Å². The molecule has 0 saturated carbocycles. The standard InChI is InChI=1S/C18H16F6N2O2/c19-17(20,21)13-1-5-15(6-2-13)25-9-27-11-26(12-28-10-25)16-7-3-14(4-8-16)18(22,23)24/h1-8H,9-12H2.